The zero-order chi connectivity index (χ0) is 15.2. The summed E-state index contributed by atoms with van der Waals surface area (Å²) in [6.45, 7) is 3.49. The summed E-state index contributed by atoms with van der Waals surface area (Å²) in [7, 11) is 0. The van der Waals surface area contributed by atoms with E-state index in [-0.39, 0.29) is 6.03 Å². The van der Waals surface area contributed by atoms with Gasteiger partial charge in [0.05, 0.1) is 0 Å². The summed E-state index contributed by atoms with van der Waals surface area (Å²) in [5, 5.41) is 11.0. The lowest BCUT2D eigenvalue weighted by molar-refractivity contribution is 0.194. The number of hydrogen-bond acceptors (Lipinski definition) is 4. The zero-order valence-electron chi connectivity index (χ0n) is 12.4. The summed E-state index contributed by atoms with van der Waals surface area (Å²) in [6, 6.07) is 13.7. The maximum atomic E-state index is 12.2. The minimum absolute atomic E-state index is 0.0114. The minimum atomic E-state index is -0.0114. The first kappa shape index (κ1) is 14.3. The molecule has 22 heavy (non-hydrogen) atoms. The van der Waals surface area contributed by atoms with Gasteiger partial charge in [-0.3, -0.25) is 0 Å². The third-order valence-corrected chi connectivity index (χ3v) is 3.74. The Labute approximate surface area is 129 Å². The quantitative estimate of drug-likeness (QED) is 0.933. The van der Waals surface area contributed by atoms with E-state index in [2.05, 4.69) is 20.4 Å². The van der Waals surface area contributed by atoms with Gasteiger partial charge in [0, 0.05) is 38.9 Å². The predicted molar refractivity (Wildman–Crippen MR) is 84.5 cm³/mol. The molecular formula is C16H19N5O. The smallest absolute Gasteiger partial charge is 0.317 e. The molecule has 0 atom stereocenters. The second-order valence-corrected chi connectivity index (χ2v) is 5.20. The van der Waals surface area contributed by atoms with Crippen LogP contribution in [0, 0.1) is 0 Å². The Kier molecular flexibility index (Phi) is 4.48. The second-order valence-electron chi connectivity index (χ2n) is 5.20. The van der Waals surface area contributed by atoms with Gasteiger partial charge in [-0.15, -0.1) is 5.10 Å². The van der Waals surface area contributed by atoms with Crippen LogP contribution in [0.25, 0.3) is 0 Å². The Morgan fingerprint density at radius 1 is 1.05 bits per heavy atom. The van der Waals surface area contributed by atoms with Crippen LogP contribution >= 0.6 is 0 Å². The number of carbonyl (C=O) groups is 1. The van der Waals surface area contributed by atoms with Gasteiger partial charge in [0.1, 0.15) is 0 Å². The van der Waals surface area contributed by atoms with Gasteiger partial charge in [-0.25, -0.2) is 4.79 Å². The van der Waals surface area contributed by atoms with Gasteiger partial charge in [0.25, 0.3) is 0 Å². The van der Waals surface area contributed by atoms with Crippen LogP contribution in [0.4, 0.5) is 10.6 Å². The van der Waals surface area contributed by atoms with Crippen LogP contribution in [0.5, 0.6) is 0 Å². The molecule has 0 bridgehead atoms. The van der Waals surface area contributed by atoms with Crippen molar-refractivity contribution in [1.82, 2.24) is 20.4 Å². The van der Waals surface area contributed by atoms with Gasteiger partial charge in [-0.1, -0.05) is 30.3 Å². The third kappa shape index (κ3) is 3.52. The van der Waals surface area contributed by atoms with Crippen molar-refractivity contribution in [2.45, 2.75) is 6.54 Å². The standard InChI is InChI=1S/C16H19N5O/c22-16(17-13-14-5-2-1-3-6-14)21-11-9-20(10-12-21)15-7-4-8-18-19-15/h1-8H,9-13H2,(H,17,22). The molecule has 1 aliphatic rings. The molecule has 114 valence electrons. The number of nitrogens with zero attached hydrogens (tertiary/aromatic N) is 4. The molecule has 1 aliphatic heterocycles. The van der Waals surface area contributed by atoms with Crippen LogP contribution in [-0.2, 0) is 6.54 Å². The molecule has 3 rings (SSSR count). The fourth-order valence-corrected chi connectivity index (χ4v) is 2.49. The van der Waals surface area contributed by atoms with Crippen molar-refractivity contribution >= 4 is 11.8 Å². The van der Waals surface area contributed by atoms with Crippen LogP contribution in [0.2, 0.25) is 0 Å². The Hall–Kier alpha value is -2.63. The number of rotatable bonds is 3. The SMILES string of the molecule is O=C(NCc1ccccc1)N1CCN(c2cccnn2)CC1. The fraction of sp³-hybridized carbons (Fsp3) is 0.312. The highest BCUT2D eigenvalue weighted by molar-refractivity contribution is 5.74. The fourth-order valence-electron chi connectivity index (χ4n) is 2.49. The molecule has 1 aromatic carbocycles. The van der Waals surface area contributed by atoms with Crippen molar-refractivity contribution in [1.29, 1.82) is 0 Å². The number of urea groups is 1. The molecule has 2 heterocycles. The molecule has 1 fully saturated rings. The average molecular weight is 297 g/mol. The maximum Gasteiger partial charge on any atom is 0.317 e. The maximum absolute atomic E-state index is 12.2. The first-order chi connectivity index (χ1) is 10.8. The summed E-state index contributed by atoms with van der Waals surface area (Å²) >= 11 is 0. The number of hydrogen-bond donors (Lipinski definition) is 1. The van der Waals surface area contributed by atoms with E-state index in [0.717, 1.165) is 24.5 Å². The van der Waals surface area contributed by atoms with E-state index in [9.17, 15) is 4.79 Å². The number of aromatic nitrogens is 2. The number of carbonyl (C=O) groups excluding carboxylic acids is 1. The van der Waals surface area contributed by atoms with Gasteiger partial charge >= 0.3 is 6.03 Å². The van der Waals surface area contributed by atoms with Gasteiger partial charge in [0.2, 0.25) is 0 Å². The summed E-state index contributed by atoms with van der Waals surface area (Å²) in [4.78, 5) is 16.2. The number of piperazine rings is 1. The Morgan fingerprint density at radius 2 is 1.82 bits per heavy atom. The van der Waals surface area contributed by atoms with Gasteiger partial charge < -0.3 is 15.1 Å². The summed E-state index contributed by atoms with van der Waals surface area (Å²) in [5.74, 6) is 0.867. The van der Waals surface area contributed by atoms with Gasteiger partial charge in [0.15, 0.2) is 5.82 Å². The van der Waals surface area contributed by atoms with Crippen molar-refractivity contribution in [2.24, 2.45) is 0 Å². The molecule has 0 spiro atoms. The van der Waals surface area contributed by atoms with Gasteiger partial charge in [-0.05, 0) is 17.7 Å². The van der Waals surface area contributed by atoms with Crippen LogP contribution in [0.15, 0.2) is 48.7 Å². The summed E-state index contributed by atoms with van der Waals surface area (Å²) in [5.41, 5.74) is 1.11. The van der Waals surface area contributed by atoms with Crippen molar-refractivity contribution in [3.8, 4) is 0 Å². The normalized spacial score (nSPS) is 14.7. The first-order valence-corrected chi connectivity index (χ1v) is 7.42. The lowest BCUT2D eigenvalue weighted by Crippen LogP contribution is -2.51. The minimum Gasteiger partial charge on any atom is -0.352 e. The molecule has 1 aromatic heterocycles. The summed E-state index contributed by atoms with van der Waals surface area (Å²) in [6.07, 6.45) is 1.66. The van der Waals surface area contributed by atoms with E-state index in [1.165, 1.54) is 0 Å². The lowest BCUT2D eigenvalue weighted by atomic mass is 10.2. The topological polar surface area (TPSA) is 61.4 Å². The number of benzene rings is 1. The average Bonchev–Trinajstić information content (AvgIpc) is 2.61. The molecule has 1 N–H and O–H groups in total. The Balaban J connectivity index is 1.48. The second kappa shape index (κ2) is 6.89. The summed E-state index contributed by atoms with van der Waals surface area (Å²) < 4.78 is 0. The highest BCUT2D eigenvalue weighted by Crippen LogP contribution is 2.11. The lowest BCUT2D eigenvalue weighted by Gasteiger charge is -2.35. The van der Waals surface area contributed by atoms with Crippen LogP contribution in [0.1, 0.15) is 5.56 Å². The number of anilines is 1. The van der Waals surface area contributed by atoms with Gasteiger partial charge in [-0.2, -0.15) is 5.10 Å². The van der Waals surface area contributed by atoms with E-state index in [0.29, 0.717) is 19.6 Å². The molecule has 1 saturated heterocycles. The molecule has 6 heteroatoms. The molecule has 6 nitrogen and oxygen atoms in total. The molecule has 0 unspecified atom stereocenters. The number of nitrogens with one attached hydrogen (secondary N) is 1. The molecule has 2 amide bonds. The van der Waals surface area contributed by atoms with E-state index >= 15 is 0 Å². The third-order valence-electron chi connectivity index (χ3n) is 3.74. The monoisotopic (exact) mass is 297 g/mol. The highest BCUT2D eigenvalue weighted by atomic mass is 16.2. The van der Waals surface area contributed by atoms with Crippen LogP contribution < -0.4 is 10.2 Å². The molecular weight excluding hydrogens is 278 g/mol. The van der Waals surface area contributed by atoms with E-state index in [1.54, 1.807) is 6.20 Å². The first-order valence-electron chi connectivity index (χ1n) is 7.42. The molecule has 0 aliphatic carbocycles. The van der Waals surface area contributed by atoms with Crippen molar-refractivity contribution < 1.29 is 4.79 Å². The van der Waals surface area contributed by atoms with Crippen LogP contribution in [0.3, 0.4) is 0 Å². The Morgan fingerprint density at radius 3 is 2.50 bits per heavy atom. The van der Waals surface area contributed by atoms with Crippen molar-refractivity contribution in [3.63, 3.8) is 0 Å². The van der Waals surface area contributed by atoms with E-state index in [4.69, 9.17) is 0 Å². The molecule has 2 aromatic rings. The zero-order valence-corrected chi connectivity index (χ0v) is 12.4. The predicted octanol–water partition coefficient (Wildman–Crippen LogP) is 1.51. The molecule has 0 saturated carbocycles. The highest BCUT2D eigenvalue weighted by Gasteiger charge is 2.21. The van der Waals surface area contributed by atoms with E-state index in [1.807, 2.05) is 47.4 Å². The van der Waals surface area contributed by atoms with Crippen molar-refractivity contribution in [3.05, 3.63) is 54.2 Å². The molecule has 0 radical (unpaired) electrons. The largest absolute Gasteiger partial charge is 0.352 e. The van der Waals surface area contributed by atoms with E-state index < -0.39 is 0 Å². The van der Waals surface area contributed by atoms with Crippen molar-refractivity contribution in [2.75, 3.05) is 31.1 Å². The number of amides is 2. The Bertz CT molecular complexity index is 596. The van der Waals surface area contributed by atoms with Crippen LogP contribution in [-0.4, -0.2) is 47.3 Å².